The molecule has 1 unspecified atom stereocenters. The lowest BCUT2D eigenvalue weighted by Crippen LogP contribution is -2.16. The fourth-order valence-electron chi connectivity index (χ4n) is 1.93. The van der Waals surface area contributed by atoms with Crippen LogP contribution in [0.3, 0.4) is 0 Å². The first-order valence-corrected chi connectivity index (χ1v) is 5.81. The van der Waals surface area contributed by atoms with Crippen LogP contribution in [0.4, 0.5) is 0 Å². The highest BCUT2D eigenvalue weighted by Crippen LogP contribution is 2.20. The highest BCUT2D eigenvalue weighted by molar-refractivity contribution is 5.28. The Labute approximate surface area is 101 Å². The van der Waals surface area contributed by atoms with Crippen LogP contribution in [0.2, 0.25) is 0 Å². The Morgan fingerprint density at radius 1 is 1.35 bits per heavy atom. The Hall–Kier alpha value is -1.68. The highest BCUT2D eigenvalue weighted by atomic mass is 15.3. The van der Waals surface area contributed by atoms with Gasteiger partial charge in [-0.25, -0.2) is 0 Å². The second kappa shape index (κ2) is 4.67. The van der Waals surface area contributed by atoms with Crippen LogP contribution in [0.25, 0.3) is 0 Å². The summed E-state index contributed by atoms with van der Waals surface area (Å²) < 4.78 is 1.85. The van der Waals surface area contributed by atoms with E-state index in [-0.39, 0.29) is 6.04 Å². The van der Waals surface area contributed by atoms with Gasteiger partial charge in [0.2, 0.25) is 0 Å². The van der Waals surface area contributed by atoms with E-state index in [4.69, 9.17) is 5.73 Å². The van der Waals surface area contributed by atoms with E-state index >= 15 is 0 Å². The average molecular weight is 230 g/mol. The number of aryl methyl sites for hydroxylation is 3. The molecule has 0 saturated heterocycles. The van der Waals surface area contributed by atoms with Gasteiger partial charge in [-0.3, -0.25) is 9.67 Å². The van der Waals surface area contributed by atoms with Gasteiger partial charge >= 0.3 is 0 Å². The summed E-state index contributed by atoms with van der Waals surface area (Å²) >= 11 is 0. The molecule has 0 spiro atoms. The summed E-state index contributed by atoms with van der Waals surface area (Å²) in [6.45, 7) is 4.11. The van der Waals surface area contributed by atoms with Gasteiger partial charge in [-0.05, 0) is 30.5 Å². The van der Waals surface area contributed by atoms with Gasteiger partial charge in [0.25, 0.3) is 0 Å². The zero-order valence-corrected chi connectivity index (χ0v) is 10.5. The normalized spacial score (nSPS) is 12.7. The van der Waals surface area contributed by atoms with E-state index in [1.54, 1.807) is 0 Å². The molecule has 4 nitrogen and oxygen atoms in total. The quantitative estimate of drug-likeness (QED) is 0.873. The Bertz CT molecular complexity index is 516. The first kappa shape index (κ1) is 11.8. The van der Waals surface area contributed by atoms with Crippen LogP contribution in [0, 0.1) is 6.92 Å². The van der Waals surface area contributed by atoms with E-state index in [1.165, 1.54) is 0 Å². The summed E-state index contributed by atoms with van der Waals surface area (Å²) in [4.78, 5) is 4.18. The van der Waals surface area contributed by atoms with Crippen molar-refractivity contribution in [2.24, 2.45) is 12.8 Å². The number of hydrogen-bond donors (Lipinski definition) is 1. The van der Waals surface area contributed by atoms with Gasteiger partial charge in [-0.1, -0.05) is 13.0 Å². The molecule has 0 fully saturated rings. The summed E-state index contributed by atoms with van der Waals surface area (Å²) in [6, 6.07) is 3.96. The van der Waals surface area contributed by atoms with E-state index in [0.717, 1.165) is 28.9 Å². The van der Waals surface area contributed by atoms with E-state index in [2.05, 4.69) is 29.1 Å². The predicted molar refractivity (Wildman–Crippen MR) is 67.6 cm³/mol. The minimum atomic E-state index is -0.166. The second-order valence-corrected chi connectivity index (χ2v) is 4.31. The lowest BCUT2D eigenvalue weighted by atomic mass is 10.0. The van der Waals surface area contributed by atoms with Crippen LogP contribution < -0.4 is 5.73 Å². The van der Waals surface area contributed by atoms with Crippen molar-refractivity contribution in [3.63, 3.8) is 0 Å². The van der Waals surface area contributed by atoms with Crippen molar-refractivity contribution in [2.75, 3.05) is 0 Å². The number of aromatic nitrogens is 3. The lowest BCUT2D eigenvalue weighted by molar-refractivity contribution is 0.664. The molecule has 2 rings (SSSR count). The van der Waals surface area contributed by atoms with Gasteiger partial charge in [-0.15, -0.1) is 0 Å². The van der Waals surface area contributed by atoms with Crippen LogP contribution in [-0.2, 0) is 13.5 Å². The predicted octanol–water partition coefficient (Wildman–Crippen LogP) is 1.73. The maximum Gasteiger partial charge on any atom is 0.0738 e. The topological polar surface area (TPSA) is 56.7 Å². The molecule has 0 aliphatic rings. The Morgan fingerprint density at radius 2 is 2.12 bits per heavy atom. The van der Waals surface area contributed by atoms with E-state index in [1.807, 2.05) is 31.0 Å². The Kier molecular flexibility index (Phi) is 3.24. The molecule has 4 heteroatoms. The SMILES string of the molecule is CCc1cc(C(N)c2cncc(C)c2)n(C)n1. The Morgan fingerprint density at radius 3 is 2.71 bits per heavy atom. The van der Waals surface area contributed by atoms with Crippen molar-refractivity contribution in [1.29, 1.82) is 0 Å². The third-order valence-corrected chi connectivity index (χ3v) is 2.90. The standard InChI is InChI=1S/C13H18N4/c1-4-11-6-12(17(3)16-11)13(14)10-5-9(2)7-15-8-10/h5-8,13H,4,14H2,1-3H3. The van der Waals surface area contributed by atoms with Crippen LogP contribution in [0.15, 0.2) is 24.5 Å². The summed E-state index contributed by atoms with van der Waals surface area (Å²) in [5.41, 5.74) is 10.5. The molecular weight excluding hydrogens is 212 g/mol. The molecule has 2 heterocycles. The van der Waals surface area contributed by atoms with Crippen LogP contribution >= 0.6 is 0 Å². The Balaban J connectivity index is 2.36. The van der Waals surface area contributed by atoms with Gasteiger partial charge in [0.05, 0.1) is 17.4 Å². The van der Waals surface area contributed by atoms with Gasteiger partial charge < -0.3 is 5.73 Å². The van der Waals surface area contributed by atoms with Crippen molar-refractivity contribution in [3.8, 4) is 0 Å². The van der Waals surface area contributed by atoms with E-state index in [0.29, 0.717) is 0 Å². The number of hydrogen-bond acceptors (Lipinski definition) is 3. The molecule has 90 valence electrons. The molecular formula is C13H18N4. The third-order valence-electron chi connectivity index (χ3n) is 2.90. The van der Waals surface area contributed by atoms with Crippen LogP contribution in [-0.4, -0.2) is 14.8 Å². The smallest absolute Gasteiger partial charge is 0.0738 e. The molecule has 2 aromatic rings. The summed E-state index contributed by atoms with van der Waals surface area (Å²) in [7, 11) is 1.93. The van der Waals surface area contributed by atoms with Crippen LogP contribution in [0.5, 0.6) is 0 Å². The van der Waals surface area contributed by atoms with Gasteiger partial charge in [0, 0.05) is 19.4 Å². The van der Waals surface area contributed by atoms with Crippen molar-refractivity contribution in [2.45, 2.75) is 26.3 Å². The summed E-state index contributed by atoms with van der Waals surface area (Å²) in [6.07, 6.45) is 4.57. The van der Waals surface area contributed by atoms with Crippen molar-refractivity contribution in [3.05, 3.63) is 47.0 Å². The zero-order valence-electron chi connectivity index (χ0n) is 10.5. The monoisotopic (exact) mass is 230 g/mol. The van der Waals surface area contributed by atoms with Gasteiger partial charge in [-0.2, -0.15) is 5.10 Å². The molecule has 2 aromatic heterocycles. The average Bonchev–Trinajstić information content (AvgIpc) is 2.69. The van der Waals surface area contributed by atoms with E-state index in [9.17, 15) is 0 Å². The molecule has 1 atom stereocenters. The molecule has 0 amide bonds. The van der Waals surface area contributed by atoms with Crippen molar-refractivity contribution >= 4 is 0 Å². The zero-order chi connectivity index (χ0) is 12.4. The van der Waals surface area contributed by atoms with Crippen molar-refractivity contribution < 1.29 is 0 Å². The fourth-order valence-corrected chi connectivity index (χ4v) is 1.93. The maximum atomic E-state index is 6.25. The van der Waals surface area contributed by atoms with Gasteiger partial charge in [0.1, 0.15) is 0 Å². The number of nitrogens with zero attached hydrogens (tertiary/aromatic N) is 3. The minimum absolute atomic E-state index is 0.166. The lowest BCUT2D eigenvalue weighted by Gasteiger charge is -2.12. The molecule has 0 bridgehead atoms. The molecule has 0 aliphatic heterocycles. The number of pyridine rings is 1. The molecule has 0 radical (unpaired) electrons. The first-order chi connectivity index (χ1) is 8.11. The largest absolute Gasteiger partial charge is 0.319 e. The highest BCUT2D eigenvalue weighted by Gasteiger charge is 2.14. The second-order valence-electron chi connectivity index (χ2n) is 4.31. The molecule has 0 aliphatic carbocycles. The summed E-state index contributed by atoms with van der Waals surface area (Å²) in [5.74, 6) is 0. The van der Waals surface area contributed by atoms with Crippen LogP contribution in [0.1, 0.15) is 35.5 Å². The molecule has 17 heavy (non-hydrogen) atoms. The summed E-state index contributed by atoms with van der Waals surface area (Å²) in [5, 5.41) is 4.41. The number of rotatable bonds is 3. The van der Waals surface area contributed by atoms with Gasteiger partial charge in [0.15, 0.2) is 0 Å². The fraction of sp³-hybridized carbons (Fsp3) is 0.385. The first-order valence-electron chi connectivity index (χ1n) is 5.81. The molecule has 0 saturated carbocycles. The molecule has 0 aromatic carbocycles. The minimum Gasteiger partial charge on any atom is -0.319 e. The maximum absolute atomic E-state index is 6.25. The third kappa shape index (κ3) is 2.36. The number of nitrogens with two attached hydrogens (primary N) is 1. The van der Waals surface area contributed by atoms with Crippen molar-refractivity contribution in [1.82, 2.24) is 14.8 Å². The van der Waals surface area contributed by atoms with E-state index < -0.39 is 0 Å². The molecule has 2 N–H and O–H groups in total.